The molecule has 0 unspecified atom stereocenters. The number of hydrogen-bond acceptors (Lipinski definition) is 1. The molecule has 0 saturated carbocycles. The summed E-state index contributed by atoms with van der Waals surface area (Å²) in [6.45, 7) is 9.66. The monoisotopic (exact) mass is 269 g/mol. The van der Waals surface area contributed by atoms with Crippen LogP contribution in [0.2, 0.25) is 0 Å². The van der Waals surface area contributed by atoms with Crippen molar-refractivity contribution in [3.05, 3.63) is 0 Å². The predicted octanol–water partition coefficient (Wildman–Crippen LogP) is 4.93. The van der Waals surface area contributed by atoms with E-state index in [9.17, 15) is 4.79 Å². The van der Waals surface area contributed by atoms with Crippen LogP contribution in [0.15, 0.2) is 0 Å². The zero-order valence-electron chi connectivity index (χ0n) is 13.6. The molecule has 0 rings (SSSR count). The molecule has 0 aromatic carbocycles. The van der Waals surface area contributed by atoms with Crippen LogP contribution in [0.1, 0.15) is 85.5 Å². The molecule has 0 fully saturated rings. The first kappa shape index (κ1) is 18.5. The Labute approximate surface area is 120 Å². The highest BCUT2D eigenvalue weighted by atomic mass is 16.1. The maximum Gasteiger partial charge on any atom is 0.220 e. The van der Waals surface area contributed by atoms with Gasteiger partial charge in [0.2, 0.25) is 5.91 Å². The maximum absolute atomic E-state index is 11.5. The van der Waals surface area contributed by atoms with Crippen LogP contribution in [0.3, 0.4) is 0 Å². The Morgan fingerprint density at radius 3 is 1.84 bits per heavy atom. The van der Waals surface area contributed by atoms with Crippen molar-refractivity contribution in [3.63, 3.8) is 0 Å². The third-order valence-corrected chi connectivity index (χ3v) is 3.39. The Kier molecular flexibility index (Phi) is 12.2. The SMILES string of the molecule is CC(C)CCCCCCCCCC(=O)NCC(C)C. The molecule has 0 aromatic heterocycles. The lowest BCUT2D eigenvalue weighted by Gasteiger charge is -2.07. The minimum absolute atomic E-state index is 0.227. The molecule has 0 aliphatic heterocycles. The van der Waals surface area contributed by atoms with Gasteiger partial charge in [0.1, 0.15) is 0 Å². The number of carbonyl (C=O) groups excluding carboxylic acids is 1. The second-order valence-electron chi connectivity index (χ2n) is 6.61. The van der Waals surface area contributed by atoms with Gasteiger partial charge >= 0.3 is 0 Å². The molecule has 114 valence electrons. The molecule has 0 bridgehead atoms. The van der Waals surface area contributed by atoms with Crippen LogP contribution in [0.5, 0.6) is 0 Å². The summed E-state index contributed by atoms with van der Waals surface area (Å²) in [4.78, 5) is 11.5. The average molecular weight is 269 g/mol. The molecular weight excluding hydrogens is 234 g/mol. The number of unbranched alkanes of at least 4 members (excludes halogenated alkanes) is 6. The highest BCUT2D eigenvalue weighted by Crippen LogP contribution is 2.12. The summed E-state index contributed by atoms with van der Waals surface area (Å²) in [6.07, 6.45) is 11.1. The van der Waals surface area contributed by atoms with Gasteiger partial charge in [0.15, 0.2) is 0 Å². The van der Waals surface area contributed by atoms with Crippen molar-refractivity contribution in [1.29, 1.82) is 0 Å². The summed E-state index contributed by atoms with van der Waals surface area (Å²) in [7, 11) is 0. The van der Waals surface area contributed by atoms with E-state index >= 15 is 0 Å². The van der Waals surface area contributed by atoms with Gasteiger partial charge in [-0.1, -0.05) is 72.6 Å². The maximum atomic E-state index is 11.5. The average Bonchev–Trinajstić information content (AvgIpc) is 2.34. The van der Waals surface area contributed by atoms with Gasteiger partial charge in [0.25, 0.3) is 0 Å². The van der Waals surface area contributed by atoms with Crippen LogP contribution in [0.4, 0.5) is 0 Å². The van der Waals surface area contributed by atoms with Crippen LogP contribution < -0.4 is 5.32 Å². The van der Waals surface area contributed by atoms with Gasteiger partial charge in [0.05, 0.1) is 0 Å². The molecule has 19 heavy (non-hydrogen) atoms. The lowest BCUT2D eigenvalue weighted by Crippen LogP contribution is -2.26. The fraction of sp³-hybridized carbons (Fsp3) is 0.941. The number of hydrogen-bond donors (Lipinski definition) is 1. The molecule has 0 radical (unpaired) electrons. The fourth-order valence-electron chi connectivity index (χ4n) is 2.13. The van der Waals surface area contributed by atoms with E-state index in [-0.39, 0.29) is 5.91 Å². The van der Waals surface area contributed by atoms with Gasteiger partial charge in [-0.15, -0.1) is 0 Å². The standard InChI is InChI=1S/C17H35NO/c1-15(2)12-10-8-6-5-7-9-11-13-17(19)18-14-16(3)4/h15-16H,5-14H2,1-4H3,(H,18,19). The lowest BCUT2D eigenvalue weighted by molar-refractivity contribution is -0.121. The number of carbonyl (C=O) groups is 1. The molecule has 0 saturated heterocycles. The van der Waals surface area contributed by atoms with E-state index in [1.165, 1.54) is 44.9 Å². The first-order chi connectivity index (χ1) is 9.02. The van der Waals surface area contributed by atoms with Crippen LogP contribution in [0, 0.1) is 11.8 Å². The van der Waals surface area contributed by atoms with E-state index in [1.807, 2.05) is 0 Å². The van der Waals surface area contributed by atoms with Crippen molar-refractivity contribution in [2.24, 2.45) is 11.8 Å². The second kappa shape index (κ2) is 12.5. The first-order valence-corrected chi connectivity index (χ1v) is 8.29. The molecule has 1 N–H and O–H groups in total. The van der Waals surface area contributed by atoms with Crippen LogP contribution >= 0.6 is 0 Å². The molecule has 0 aromatic rings. The third-order valence-electron chi connectivity index (χ3n) is 3.39. The van der Waals surface area contributed by atoms with Crippen LogP contribution in [0.25, 0.3) is 0 Å². The van der Waals surface area contributed by atoms with Crippen molar-refractivity contribution in [3.8, 4) is 0 Å². The quantitative estimate of drug-likeness (QED) is 0.500. The zero-order chi connectivity index (χ0) is 14.5. The van der Waals surface area contributed by atoms with E-state index in [0.29, 0.717) is 12.3 Å². The van der Waals surface area contributed by atoms with Crippen molar-refractivity contribution in [2.45, 2.75) is 85.5 Å². The summed E-state index contributed by atoms with van der Waals surface area (Å²) in [5, 5.41) is 2.97. The third kappa shape index (κ3) is 15.4. The highest BCUT2D eigenvalue weighted by Gasteiger charge is 2.01. The van der Waals surface area contributed by atoms with Crippen molar-refractivity contribution >= 4 is 5.91 Å². The minimum Gasteiger partial charge on any atom is -0.356 e. The van der Waals surface area contributed by atoms with E-state index in [2.05, 4.69) is 33.0 Å². The summed E-state index contributed by atoms with van der Waals surface area (Å²) in [5.41, 5.74) is 0. The minimum atomic E-state index is 0.227. The highest BCUT2D eigenvalue weighted by molar-refractivity contribution is 5.75. The number of amides is 1. The Balaban J connectivity index is 3.16. The van der Waals surface area contributed by atoms with E-state index in [0.717, 1.165) is 18.9 Å². The van der Waals surface area contributed by atoms with Crippen molar-refractivity contribution < 1.29 is 4.79 Å². The van der Waals surface area contributed by atoms with Crippen molar-refractivity contribution in [1.82, 2.24) is 5.32 Å². The Bertz CT molecular complexity index is 211. The molecule has 1 amide bonds. The number of nitrogens with one attached hydrogen (secondary N) is 1. The lowest BCUT2D eigenvalue weighted by atomic mass is 10.0. The van der Waals surface area contributed by atoms with Gasteiger partial charge in [0, 0.05) is 13.0 Å². The van der Waals surface area contributed by atoms with E-state index in [4.69, 9.17) is 0 Å². The van der Waals surface area contributed by atoms with Gasteiger partial charge in [-0.2, -0.15) is 0 Å². The van der Waals surface area contributed by atoms with Gasteiger partial charge < -0.3 is 5.32 Å². The van der Waals surface area contributed by atoms with Gasteiger partial charge in [-0.05, 0) is 18.3 Å². The summed E-state index contributed by atoms with van der Waals surface area (Å²) in [6, 6.07) is 0. The Morgan fingerprint density at radius 2 is 1.32 bits per heavy atom. The van der Waals surface area contributed by atoms with Gasteiger partial charge in [-0.3, -0.25) is 4.79 Å². The van der Waals surface area contributed by atoms with E-state index in [1.54, 1.807) is 0 Å². The number of rotatable bonds is 12. The van der Waals surface area contributed by atoms with Crippen molar-refractivity contribution in [2.75, 3.05) is 6.54 Å². The molecule has 0 aliphatic rings. The predicted molar refractivity (Wildman–Crippen MR) is 84.2 cm³/mol. The molecular formula is C17H35NO. The van der Waals surface area contributed by atoms with E-state index < -0.39 is 0 Å². The topological polar surface area (TPSA) is 29.1 Å². The largest absolute Gasteiger partial charge is 0.356 e. The molecule has 0 atom stereocenters. The Morgan fingerprint density at radius 1 is 0.789 bits per heavy atom. The zero-order valence-corrected chi connectivity index (χ0v) is 13.6. The van der Waals surface area contributed by atoms with Gasteiger partial charge in [-0.25, -0.2) is 0 Å². The smallest absolute Gasteiger partial charge is 0.220 e. The second-order valence-corrected chi connectivity index (χ2v) is 6.61. The molecule has 2 nitrogen and oxygen atoms in total. The first-order valence-electron chi connectivity index (χ1n) is 8.29. The normalized spacial score (nSPS) is 11.3. The summed E-state index contributed by atoms with van der Waals surface area (Å²) < 4.78 is 0. The molecule has 2 heteroatoms. The van der Waals surface area contributed by atoms with Crippen LogP contribution in [-0.4, -0.2) is 12.5 Å². The Hall–Kier alpha value is -0.530. The molecule has 0 aliphatic carbocycles. The summed E-state index contributed by atoms with van der Waals surface area (Å²) in [5.74, 6) is 1.63. The summed E-state index contributed by atoms with van der Waals surface area (Å²) >= 11 is 0. The molecule has 0 spiro atoms. The fourth-order valence-corrected chi connectivity index (χ4v) is 2.13. The molecule has 0 heterocycles. The van der Waals surface area contributed by atoms with Crippen LogP contribution in [-0.2, 0) is 4.79 Å².